The maximum atomic E-state index is 13.2. The number of hydrogen-bond donors (Lipinski definition) is 1. The average Bonchev–Trinajstić information content (AvgIpc) is 3.22. The predicted octanol–water partition coefficient (Wildman–Crippen LogP) is 3.18. The van der Waals surface area contributed by atoms with Gasteiger partial charge in [0.2, 0.25) is 11.8 Å². The highest BCUT2D eigenvalue weighted by atomic mass is 16.5. The van der Waals surface area contributed by atoms with Crippen LogP contribution in [0.4, 0.5) is 0 Å². The first-order valence-corrected chi connectivity index (χ1v) is 9.33. The number of likely N-dealkylation sites (tertiary alicyclic amines) is 1. The Labute approximate surface area is 159 Å². The van der Waals surface area contributed by atoms with Crippen LogP contribution in [0, 0.1) is 0 Å². The lowest BCUT2D eigenvalue weighted by atomic mass is 9.88. The summed E-state index contributed by atoms with van der Waals surface area (Å²) in [5.74, 6) is 0.366. The largest absolute Gasteiger partial charge is 0.361 e. The lowest BCUT2D eigenvalue weighted by molar-refractivity contribution is -0.144. The number of nitrogens with zero attached hydrogens (tertiary/aromatic N) is 2. The van der Waals surface area contributed by atoms with Crippen LogP contribution in [0.5, 0.6) is 0 Å². The average molecular weight is 369 g/mol. The van der Waals surface area contributed by atoms with E-state index in [2.05, 4.69) is 10.5 Å². The molecule has 1 saturated heterocycles. The number of benzene rings is 1. The van der Waals surface area contributed by atoms with Crippen LogP contribution in [0.25, 0.3) is 11.3 Å². The van der Waals surface area contributed by atoms with E-state index in [0.29, 0.717) is 25.1 Å². The summed E-state index contributed by atoms with van der Waals surface area (Å²) in [6, 6.07) is 11.6. The molecular weight excluding hydrogens is 342 g/mol. The minimum atomic E-state index is -0.938. The van der Waals surface area contributed by atoms with Gasteiger partial charge in [0.15, 0.2) is 0 Å². The van der Waals surface area contributed by atoms with E-state index in [4.69, 9.17) is 4.52 Å². The van der Waals surface area contributed by atoms with Crippen LogP contribution < -0.4 is 5.32 Å². The molecule has 1 N–H and O–H groups in total. The van der Waals surface area contributed by atoms with Crippen LogP contribution in [0.3, 0.4) is 0 Å². The summed E-state index contributed by atoms with van der Waals surface area (Å²) in [7, 11) is 0. The molecule has 6 nitrogen and oxygen atoms in total. The number of carbonyl (C=O) groups excluding carboxylic acids is 2. The van der Waals surface area contributed by atoms with Gasteiger partial charge in [0.25, 0.3) is 0 Å². The summed E-state index contributed by atoms with van der Waals surface area (Å²) < 4.78 is 5.55. The fourth-order valence-corrected chi connectivity index (χ4v) is 3.72. The van der Waals surface area contributed by atoms with Crippen LogP contribution in [-0.4, -0.2) is 39.5 Å². The number of rotatable bonds is 4. The lowest BCUT2D eigenvalue weighted by Gasteiger charge is -2.38. The summed E-state index contributed by atoms with van der Waals surface area (Å²) in [6.07, 6.45) is 1.71. The van der Waals surface area contributed by atoms with Crippen LogP contribution in [-0.2, 0) is 16.0 Å². The molecule has 27 heavy (non-hydrogen) atoms. The van der Waals surface area contributed by atoms with Gasteiger partial charge in [-0.25, -0.2) is 0 Å². The maximum Gasteiger partial charge on any atom is 0.246 e. The zero-order valence-electron chi connectivity index (χ0n) is 16.4. The van der Waals surface area contributed by atoms with Gasteiger partial charge >= 0.3 is 0 Å². The van der Waals surface area contributed by atoms with Gasteiger partial charge in [-0.2, -0.15) is 0 Å². The molecule has 1 aromatic heterocycles. The highest BCUT2D eigenvalue weighted by molar-refractivity contribution is 5.92. The Morgan fingerprint density at radius 1 is 1.26 bits per heavy atom. The van der Waals surface area contributed by atoms with E-state index in [9.17, 15) is 9.59 Å². The van der Waals surface area contributed by atoms with Gasteiger partial charge in [0, 0.05) is 37.1 Å². The number of nitrogens with one attached hydrogen (secondary N) is 1. The molecule has 0 spiro atoms. The molecule has 1 aromatic carbocycles. The van der Waals surface area contributed by atoms with Crippen molar-refractivity contribution in [3.8, 4) is 11.3 Å². The zero-order chi connectivity index (χ0) is 19.7. The van der Waals surface area contributed by atoms with Gasteiger partial charge in [-0.1, -0.05) is 35.5 Å². The van der Waals surface area contributed by atoms with Gasteiger partial charge < -0.3 is 14.7 Å². The van der Waals surface area contributed by atoms with Crippen molar-refractivity contribution in [1.82, 2.24) is 15.4 Å². The van der Waals surface area contributed by atoms with Crippen molar-refractivity contribution < 1.29 is 14.1 Å². The maximum absolute atomic E-state index is 13.2. The molecular formula is C21H27N3O3. The Bertz CT molecular complexity index is 823. The Morgan fingerprint density at radius 2 is 1.96 bits per heavy atom. The Balaban J connectivity index is 1.92. The fraction of sp³-hybridized carbons (Fsp3) is 0.476. The number of aromatic nitrogens is 1. The van der Waals surface area contributed by atoms with E-state index in [1.807, 2.05) is 57.2 Å². The molecule has 0 radical (unpaired) electrons. The third-order valence-electron chi connectivity index (χ3n) is 4.88. The SMILES string of the molecule is CC(=O)N1CCCC1(Cc1cc(-c2ccccc2)no1)C(=O)NC(C)(C)C. The Kier molecular flexibility index (Phi) is 5.09. The van der Waals surface area contributed by atoms with E-state index in [1.165, 1.54) is 6.92 Å². The fourth-order valence-electron chi connectivity index (χ4n) is 3.72. The minimum Gasteiger partial charge on any atom is -0.361 e. The van der Waals surface area contributed by atoms with E-state index < -0.39 is 5.54 Å². The molecule has 1 unspecified atom stereocenters. The van der Waals surface area contributed by atoms with Crippen LogP contribution >= 0.6 is 0 Å². The molecule has 0 saturated carbocycles. The zero-order valence-corrected chi connectivity index (χ0v) is 16.4. The summed E-state index contributed by atoms with van der Waals surface area (Å²) in [5, 5.41) is 7.20. The molecule has 6 heteroatoms. The molecule has 1 aliphatic rings. The second-order valence-corrected chi connectivity index (χ2v) is 8.23. The van der Waals surface area contributed by atoms with Gasteiger partial charge in [0.1, 0.15) is 17.0 Å². The molecule has 1 fully saturated rings. The van der Waals surface area contributed by atoms with Crippen molar-refractivity contribution in [1.29, 1.82) is 0 Å². The predicted molar refractivity (Wildman–Crippen MR) is 103 cm³/mol. The van der Waals surface area contributed by atoms with Gasteiger partial charge in [-0.15, -0.1) is 0 Å². The summed E-state index contributed by atoms with van der Waals surface area (Å²) >= 11 is 0. The Morgan fingerprint density at radius 3 is 2.59 bits per heavy atom. The lowest BCUT2D eigenvalue weighted by Crippen LogP contribution is -2.61. The molecule has 1 aliphatic heterocycles. The minimum absolute atomic E-state index is 0.0978. The topological polar surface area (TPSA) is 75.4 Å². The first-order valence-electron chi connectivity index (χ1n) is 9.33. The highest BCUT2D eigenvalue weighted by Gasteiger charge is 2.50. The van der Waals surface area contributed by atoms with Crippen LogP contribution in [0.2, 0.25) is 0 Å². The highest BCUT2D eigenvalue weighted by Crippen LogP contribution is 2.35. The van der Waals surface area contributed by atoms with E-state index >= 15 is 0 Å². The normalized spacial score (nSPS) is 19.9. The molecule has 0 bridgehead atoms. The first-order chi connectivity index (χ1) is 12.7. The third-order valence-corrected chi connectivity index (χ3v) is 4.88. The second-order valence-electron chi connectivity index (χ2n) is 8.23. The molecule has 144 valence electrons. The standard InChI is InChI=1S/C21H27N3O3/c1-15(25)24-12-8-11-21(24,19(26)22-20(2,3)4)14-17-13-18(23-27-17)16-9-6-5-7-10-16/h5-7,9-10,13H,8,11-12,14H2,1-4H3,(H,22,26). The number of amides is 2. The molecule has 1 atom stereocenters. The number of hydrogen-bond acceptors (Lipinski definition) is 4. The monoisotopic (exact) mass is 369 g/mol. The molecule has 2 amide bonds. The van der Waals surface area contributed by atoms with Crippen LogP contribution in [0.1, 0.15) is 46.3 Å². The van der Waals surface area contributed by atoms with Crippen molar-refractivity contribution >= 4 is 11.8 Å². The van der Waals surface area contributed by atoms with Crippen molar-refractivity contribution in [2.45, 2.75) is 58.0 Å². The first kappa shape index (κ1) is 19.1. The van der Waals surface area contributed by atoms with Crippen molar-refractivity contribution in [3.63, 3.8) is 0 Å². The molecule has 3 rings (SSSR count). The van der Waals surface area contributed by atoms with Gasteiger partial charge in [-0.3, -0.25) is 9.59 Å². The summed E-state index contributed by atoms with van der Waals surface area (Å²) in [5.41, 5.74) is 0.359. The second kappa shape index (κ2) is 7.18. The molecule has 0 aliphatic carbocycles. The number of carbonyl (C=O) groups is 2. The van der Waals surface area contributed by atoms with E-state index in [0.717, 1.165) is 17.7 Å². The summed E-state index contributed by atoms with van der Waals surface area (Å²) in [4.78, 5) is 27.1. The third kappa shape index (κ3) is 4.04. The van der Waals surface area contributed by atoms with Crippen molar-refractivity contribution in [2.24, 2.45) is 0 Å². The van der Waals surface area contributed by atoms with E-state index in [-0.39, 0.29) is 17.4 Å². The molecule has 2 aromatic rings. The quantitative estimate of drug-likeness (QED) is 0.898. The summed E-state index contributed by atoms with van der Waals surface area (Å²) in [6.45, 7) is 7.90. The van der Waals surface area contributed by atoms with Crippen molar-refractivity contribution in [2.75, 3.05) is 6.54 Å². The van der Waals surface area contributed by atoms with Crippen LogP contribution in [0.15, 0.2) is 40.9 Å². The smallest absolute Gasteiger partial charge is 0.246 e. The van der Waals surface area contributed by atoms with Gasteiger partial charge in [-0.05, 0) is 33.6 Å². The molecule has 2 heterocycles. The van der Waals surface area contributed by atoms with Gasteiger partial charge in [0.05, 0.1) is 0 Å². The van der Waals surface area contributed by atoms with Crippen molar-refractivity contribution in [3.05, 3.63) is 42.2 Å². The van der Waals surface area contributed by atoms with E-state index in [1.54, 1.807) is 4.90 Å². The Hall–Kier alpha value is -2.63.